The van der Waals surface area contributed by atoms with E-state index < -0.39 is 5.56 Å². The van der Waals surface area contributed by atoms with Gasteiger partial charge in [-0.1, -0.05) is 52.6 Å². The first kappa shape index (κ1) is 21.1. The number of amides is 1. The molecule has 0 aliphatic carbocycles. The maximum Gasteiger partial charge on any atom is 0.297 e. The third-order valence-electron chi connectivity index (χ3n) is 4.82. The number of fused-ring (bicyclic) bond motifs is 1. The van der Waals surface area contributed by atoms with Crippen molar-refractivity contribution in [3.05, 3.63) is 80.3 Å². The van der Waals surface area contributed by atoms with Crippen LogP contribution in [0.3, 0.4) is 0 Å². The molecule has 0 radical (unpaired) electrons. The van der Waals surface area contributed by atoms with Crippen molar-refractivity contribution < 1.29 is 9.32 Å². The SMILES string of the molecule is Cc1onc2c(=O)n(CC(=O)NCCc3ccc(Cl)cc3)nc(-c3ccc(Cl)cc3)c12. The van der Waals surface area contributed by atoms with Crippen LogP contribution < -0.4 is 10.9 Å². The molecule has 31 heavy (non-hydrogen) atoms. The van der Waals surface area contributed by atoms with Crippen LogP contribution in [0, 0.1) is 6.92 Å². The van der Waals surface area contributed by atoms with Gasteiger partial charge in [0.25, 0.3) is 5.56 Å². The molecule has 4 rings (SSSR count). The highest BCUT2D eigenvalue weighted by atomic mass is 35.5. The lowest BCUT2D eigenvalue weighted by atomic mass is 10.1. The van der Waals surface area contributed by atoms with E-state index in [1.807, 2.05) is 12.1 Å². The molecule has 2 aromatic heterocycles. The first-order valence-corrected chi connectivity index (χ1v) is 10.3. The summed E-state index contributed by atoms with van der Waals surface area (Å²) >= 11 is 11.9. The van der Waals surface area contributed by atoms with Gasteiger partial charge in [0, 0.05) is 22.2 Å². The van der Waals surface area contributed by atoms with E-state index in [2.05, 4.69) is 15.6 Å². The summed E-state index contributed by atoms with van der Waals surface area (Å²) in [5, 5.41) is 12.9. The lowest BCUT2D eigenvalue weighted by molar-refractivity contribution is -0.121. The van der Waals surface area contributed by atoms with E-state index in [0.717, 1.165) is 15.8 Å². The molecule has 0 aliphatic heterocycles. The van der Waals surface area contributed by atoms with E-state index in [9.17, 15) is 9.59 Å². The summed E-state index contributed by atoms with van der Waals surface area (Å²) in [6.45, 7) is 1.90. The number of nitrogens with zero attached hydrogens (tertiary/aromatic N) is 3. The molecule has 2 heterocycles. The quantitative estimate of drug-likeness (QED) is 0.472. The van der Waals surface area contributed by atoms with Crippen LogP contribution in [-0.4, -0.2) is 27.4 Å². The highest BCUT2D eigenvalue weighted by molar-refractivity contribution is 6.30. The summed E-state index contributed by atoms with van der Waals surface area (Å²) in [6.07, 6.45) is 0.642. The summed E-state index contributed by atoms with van der Waals surface area (Å²) in [6, 6.07) is 14.4. The first-order valence-electron chi connectivity index (χ1n) is 9.56. The number of carbonyl (C=O) groups is 1. The minimum atomic E-state index is -0.489. The van der Waals surface area contributed by atoms with E-state index in [0.29, 0.717) is 39.9 Å². The van der Waals surface area contributed by atoms with Crippen LogP contribution in [0.5, 0.6) is 0 Å². The molecule has 0 saturated carbocycles. The van der Waals surface area contributed by atoms with Gasteiger partial charge < -0.3 is 9.84 Å². The van der Waals surface area contributed by atoms with Gasteiger partial charge in [0.1, 0.15) is 18.0 Å². The van der Waals surface area contributed by atoms with Gasteiger partial charge in [-0.3, -0.25) is 9.59 Å². The summed E-state index contributed by atoms with van der Waals surface area (Å²) in [5.74, 6) is 0.148. The minimum absolute atomic E-state index is 0.131. The van der Waals surface area contributed by atoms with Crippen molar-refractivity contribution >= 4 is 40.0 Å². The largest absolute Gasteiger partial charge is 0.360 e. The van der Waals surface area contributed by atoms with Crippen molar-refractivity contribution in [2.45, 2.75) is 19.9 Å². The highest BCUT2D eigenvalue weighted by Gasteiger charge is 2.20. The van der Waals surface area contributed by atoms with Crippen molar-refractivity contribution in [1.29, 1.82) is 0 Å². The number of halogens is 2. The number of aryl methyl sites for hydroxylation is 1. The summed E-state index contributed by atoms with van der Waals surface area (Å²) < 4.78 is 6.33. The number of aromatic nitrogens is 3. The fourth-order valence-corrected chi connectivity index (χ4v) is 3.49. The van der Waals surface area contributed by atoms with E-state index in [1.165, 1.54) is 0 Å². The number of rotatable bonds is 6. The Hall–Kier alpha value is -3.16. The number of carbonyl (C=O) groups excluding carboxylic acids is 1. The summed E-state index contributed by atoms with van der Waals surface area (Å²) in [4.78, 5) is 25.3. The molecule has 0 saturated heterocycles. The van der Waals surface area contributed by atoms with Gasteiger partial charge in [0.15, 0.2) is 5.52 Å². The molecule has 1 amide bonds. The molecule has 9 heteroatoms. The van der Waals surface area contributed by atoms with Crippen LogP contribution in [0.4, 0.5) is 0 Å². The molecule has 2 aromatic carbocycles. The molecule has 7 nitrogen and oxygen atoms in total. The molecule has 4 aromatic rings. The second-order valence-corrected chi connectivity index (χ2v) is 7.88. The predicted molar refractivity (Wildman–Crippen MR) is 119 cm³/mol. The zero-order valence-corrected chi connectivity index (χ0v) is 18.1. The third-order valence-corrected chi connectivity index (χ3v) is 5.32. The molecule has 0 spiro atoms. The van der Waals surface area contributed by atoms with Crippen LogP contribution in [0.1, 0.15) is 11.3 Å². The van der Waals surface area contributed by atoms with Crippen molar-refractivity contribution in [2.75, 3.05) is 6.54 Å². The Balaban J connectivity index is 1.56. The maximum atomic E-state index is 12.8. The van der Waals surface area contributed by atoms with E-state index in [4.69, 9.17) is 27.7 Å². The molecule has 0 aliphatic rings. The van der Waals surface area contributed by atoms with Gasteiger partial charge in [-0.15, -0.1) is 0 Å². The average Bonchev–Trinajstić information content (AvgIpc) is 3.14. The van der Waals surface area contributed by atoms with Gasteiger partial charge in [0.2, 0.25) is 5.91 Å². The molecule has 0 atom stereocenters. The average molecular weight is 457 g/mol. The van der Waals surface area contributed by atoms with Crippen LogP contribution >= 0.6 is 23.2 Å². The van der Waals surface area contributed by atoms with Crippen LogP contribution in [0.25, 0.3) is 22.2 Å². The molecule has 0 bridgehead atoms. The van der Waals surface area contributed by atoms with Gasteiger partial charge in [-0.05, 0) is 43.2 Å². The third kappa shape index (κ3) is 4.62. The van der Waals surface area contributed by atoms with Crippen molar-refractivity contribution in [1.82, 2.24) is 20.3 Å². The van der Waals surface area contributed by atoms with Crippen molar-refractivity contribution in [3.63, 3.8) is 0 Å². The second kappa shape index (κ2) is 8.91. The summed E-state index contributed by atoms with van der Waals surface area (Å²) in [5.41, 5.74) is 1.92. The molecule has 1 N–H and O–H groups in total. The fraction of sp³-hybridized carbons (Fsp3) is 0.182. The van der Waals surface area contributed by atoms with Crippen LogP contribution in [0.15, 0.2) is 57.8 Å². The van der Waals surface area contributed by atoms with Crippen LogP contribution in [-0.2, 0) is 17.8 Å². The Kier molecular flexibility index (Phi) is 6.06. The Morgan fingerprint density at radius 1 is 1.06 bits per heavy atom. The Labute approximate surface area is 187 Å². The highest BCUT2D eigenvalue weighted by Crippen LogP contribution is 2.28. The molecular weight excluding hydrogens is 439 g/mol. The molecule has 158 valence electrons. The fourth-order valence-electron chi connectivity index (χ4n) is 3.24. The lowest BCUT2D eigenvalue weighted by Crippen LogP contribution is -2.35. The van der Waals surface area contributed by atoms with Gasteiger partial charge in [-0.2, -0.15) is 5.10 Å². The standard InChI is InChI=1S/C22H18Cl2N4O3/c1-13-19-20(15-4-8-17(24)9-5-15)26-28(22(30)21(19)27-31-13)12-18(29)25-11-10-14-2-6-16(23)7-3-14/h2-9H,10-12H2,1H3,(H,25,29). The molecule has 0 unspecified atom stereocenters. The smallest absolute Gasteiger partial charge is 0.297 e. The van der Waals surface area contributed by atoms with Crippen molar-refractivity contribution in [2.24, 2.45) is 0 Å². The lowest BCUT2D eigenvalue weighted by Gasteiger charge is -2.10. The number of hydrogen-bond acceptors (Lipinski definition) is 5. The van der Waals surface area contributed by atoms with E-state index in [-0.39, 0.29) is 18.0 Å². The van der Waals surface area contributed by atoms with E-state index in [1.54, 1.807) is 43.3 Å². The number of nitrogens with one attached hydrogen (secondary N) is 1. The number of hydrogen-bond donors (Lipinski definition) is 1. The number of benzene rings is 2. The van der Waals surface area contributed by atoms with Gasteiger partial charge in [0.05, 0.1) is 5.39 Å². The molecule has 0 fully saturated rings. The zero-order valence-electron chi connectivity index (χ0n) is 16.6. The summed E-state index contributed by atoms with van der Waals surface area (Å²) in [7, 11) is 0. The first-order chi connectivity index (χ1) is 14.9. The van der Waals surface area contributed by atoms with Crippen LogP contribution in [0.2, 0.25) is 10.0 Å². The molecular formula is C22H18Cl2N4O3. The Morgan fingerprint density at radius 2 is 1.71 bits per heavy atom. The maximum absolute atomic E-state index is 12.8. The predicted octanol–water partition coefficient (Wildman–Crippen LogP) is 4.03. The monoisotopic (exact) mass is 456 g/mol. The minimum Gasteiger partial charge on any atom is -0.360 e. The Bertz CT molecular complexity index is 1300. The van der Waals surface area contributed by atoms with E-state index >= 15 is 0 Å². The topological polar surface area (TPSA) is 90.0 Å². The Morgan fingerprint density at radius 3 is 2.39 bits per heavy atom. The zero-order chi connectivity index (χ0) is 22.0. The normalized spacial score (nSPS) is 11.1. The van der Waals surface area contributed by atoms with Crippen molar-refractivity contribution in [3.8, 4) is 11.3 Å². The second-order valence-electron chi connectivity index (χ2n) is 7.01. The van der Waals surface area contributed by atoms with Gasteiger partial charge in [-0.25, -0.2) is 4.68 Å². The van der Waals surface area contributed by atoms with Gasteiger partial charge >= 0.3 is 0 Å².